The Bertz CT molecular complexity index is 1530. The summed E-state index contributed by atoms with van der Waals surface area (Å²) in [4.78, 5) is 42.3. The molecule has 0 bridgehead atoms. The van der Waals surface area contributed by atoms with Crippen LogP contribution in [0, 0.1) is 11.6 Å². The zero-order valence-electron chi connectivity index (χ0n) is 19.3. The van der Waals surface area contributed by atoms with Crippen LogP contribution in [0.15, 0.2) is 65.8 Å². The number of H-pyrrole nitrogens is 1. The third-order valence-corrected chi connectivity index (χ3v) is 6.90. The van der Waals surface area contributed by atoms with Crippen LogP contribution in [0.1, 0.15) is 40.0 Å². The second-order valence-electron chi connectivity index (χ2n) is 8.09. The number of amides is 1. The van der Waals surface area contributed by atoms with Crippen LogP contribution in [0.5, 0.6) is 0 Å². The highest BCUT2D eigenvalue weighted by atomic mass is 31.2. The molecule has 4 aromatic rings. The van der Waals surface area contributed by atoms with Gasteiger partial charge in [-0.3, -0.25) is 19.1 Å². The minimum Gasteiger partial charge on any atom is -0.341 e. The van der Waals surface area contributed by atoms with E-state index in [2.05, 4.69) is 20.4 Å². The van der Waals surface area contributed by atoms with Crippen molar-refractivity contribution >= 4 is 18.6 Å². The molecule has 0 radical (unpaired) electrons. The van der Waals surface area contributed by atoms with E-state index in [-0.39, 0.29) is 22.4 Å². The number of aromatic amines is 1. The molecule has 0 fully saturated rings. The first kappa shape index (κ1) is 25.2. The Morgan fingerprint density at radius 2 is 2.03 bits per heavy atom. The van der Waals surface area contributed by atoms with E-state index < -0.39 is 36.5 Å². The van der Waals surface area contributed by atoms with Crippen LogP contribution in [0.25, 0.3) is 5.95 Å². The number of rotatable bonds is 7. The third-order valence-electron chi connectivity index (χ3n) is 5.57. The summed E-state index contributed by atoms with van der Waals surface area (Å²) in [5, 5.41) is 6.82. The lowest BCUT2D eigenvalue weighted by atomic mass is 9.95. The van der Waals surface area contributed by atoms with E-state index >= 15 is 0 Å². The molecule has 1 amide bonds. The number of nitrogens with one attached hydrogen (secondary N) is 2. The van der Waals surface area contributed by atoms with Crippen LogP contribution in [0.3, 0.4) is 0 Å². The van der Waals surface area contributed by atoms with Crippen LogP contribution in [-0.2, 0) is 11.0 Å². The Morgan fingerprint density at radius 3 is 2.64 bits per heavy atom. The number of aromatic nitrogens is 4. The van der Waals surface area contributed by atoms with Crippen LogP contribution in [0.4, 0.5) is 8.78 Å². The first-order chi connectivity index (χ1) is 17.1. The maximum absolute atomic E-state index is 14.8. The molecule has 36 heavy (non-hydrogen) atoms. The van der Waals surface area contributed by atoms with Crippen LogP contribution >= 0.6 is 7.37 Å². The maximum Gasteiger partial charge on any atom is 0.265 e. The number of hydrogen-bond acceptors (Lipinski definition) is 5. The van der Waals surface area contributed by atoms with Crippen molar-refractivity contribution in [1.29, 1.82) is 0 Å². The lowest BCUT2D eigenvalue weighted by Crippen LogP contribution is -2.34. The van der Waals surface area contributed by atoms with Gasteiger partial charge in [0, 0.05) is 42.2 Å². The molecule has 4 rings (SSSR count). The molecular weight excluding hydrogens is 491 g/mol. The SMILES string of the molecule is CCc1cc([C@@H](NC(=O)c2cnc(-n3cccn3)[nH]c2=O)c2ccc(F)cc2F)ccc1P(C)(=O)O. The average Bonchev–Trinajstić information content (AvgIpc) is 3.37. The smallest absolute Gasteiger partial charge is 0.265 e. The molecule has 0 spiro atoms. The van der Waals surface area contributed by atoms with E-state index in [0.717, 1.165) is 12.3 Å². The molecule has 0 saturated heterocycles. The van der Waals surface area contributed by atoms with Crippen molar-refractivity contribution in [2.24, 2.45) is 0 Å². The van der Waals surface area contributed by atoms with Gasteiger partial charge in [0.15, 0.2) is 0 Å². The van der Waals surface area contributed by atoms with Gasteiger partial charge in [-0.1, -0.05) is 25.1 Å². The standard InChI is InChI=1S/C24H22F2N5O4P/c1-3-14-11-15(5-8-20(14)36(2,34)35)21(17-7-6-16(25)12-19(17)26)29-22(32)18-13-27-24(30-23(18)33)31-10-4-9-28-31/h4-13,21H,3H2,1-2H3,(H,29,32)(H,34,35)(H,27,30,33)/t21-/m1/s1. The van der Waals surface area contributed by atoms with Crippen molar-refractivity contribution in [3.05, 3.63) is 105 Å². The summed E-state index contributed by atoms with van der Waals surface area (Å²) >= 11 is 0. The Balaban J connectivity index is 1.76. The van der Waals surface area contributed by atoms with Gasteiger partial charge in [0.1, 0.15) is 17.2 Å². The van der Waals surface area contributed by atoms with Crippen molar-refractivity contribution < 1.29 is 23.0 Å². The van der Waals surface area contributed by atoms with E-state index in [1.54, 1.807) is 25.3 Å². The fourth-order valence-electron chi connectivity index (χ4n) is 3.82. The predicted octanol–water partition coefficient (Wildman–Crippen LogP) is 2.84. The van der Waals surface area contributed by atoms with Gasteiger partial charge in [0.25, 0.3) is 11.5 Å². The highest BCUT2D eigenvalue weighted by Crippen LogP contribution is 2.37. The monoisotopic (exact) mass is 513 g/mol. The van der Waals surface area contributed by atoms with Gasteiger partial charge < -0.3 is 10.2 Å². The zero-order valence-corrected chi connectivity index (χ0v) is 20.2. The number of carbonyl (C=O) groups excluding carboxylic acids is 1. The molecule has 0 saturated carbocycles. The number of aryl methyl sites for hydroxylation is 1. The van der Waals surface area contributed by atoms with Crippen LogP contribution < -0.4 is 16.2 Å². The quantitative estimate of drug-likeness (QED) is 0.326. The van der Waals surface area contributed by atoms with E-state index in [9.17, 15) is 27.8 Å². The summed E-state index contributed by atoms with van der Waals surface area (Å²) in [5.74, 6) is -2.46. The molecule has 9 nitrogen and oxygen atoms in total. The summed E-state index contributed by atoms with van der Waals surface area (Å²) < 4.78 is 42.0. The molecule has 0 aliphatic heterocycles. The van der Waals surface area contributed by atoms with Crippen LogP contribution in [0.2, 0.25) is 0 Å². The van der Waals surface area contributed by atoms with Gasteiger partial charge in [0.2, 0.25) is 13.3 Å². The number of carbonyl (C=O) groups is 1. The Labute approximate surface area is 204 Å². The topological polar surface area (TPSA) is 130 Å². The number of nitrogens with zero attached hydrogens (tertiary/aromatic N) is 3. The molecule has 2 heterocycles. The molecular formula is C24H22F2N5O4P. The lowest BCUT2D eigenvalue weighted by Gasteiger charge is -2.22. The minimum absolute atomic E-state index is 0.0548. The van der Waals surface area contributed by atoms with Gasteiger partial charge in [0.05, 0.1) is 6.04 Å². The summed E-state index contributed by atoms with van der Waals surface area (Å²) in [6.07, 6.45) is 4.52. The molecule has 0 aliphatic rings. The van der Waals surface area contributed by atoms with Gasteiger partial charge in [-0.25, -0.2) is 18.4 Å². The van der Waals surface area contributed by atoms with Crippen molar-refractivity contribution in [1.82, 2.24) is 25.1 Å². The van der Waals surface area contributed by atoms with E-state index in [1.165, 1.54) is 35.7 Å². The molecule has 12 heteroatoms. The summed E-state index contributed by atoms with van der Waals surface area (Å²) in [6, 6.07) is 7.93. The fraction of sp³-hybridized carbons (Fsp3) is 0.167. The van der Waals surface area contributed by atoms with Crippen molar-refractivity contribution in [3.8, 4) is 5.95 Å². The van der Waals surface area contributed by atoms with Crippen molar-refractivity contribution in [2.75, 3.05) is 6.66 Å². The molecule has 1 unspecified atom stereocenters. The van der Waals surface area contributed by atoms with Crippen LogP contribution in [-0.4, -0.2) is 37.2 Å². The second kappa shape index (κ2) is 9.96. The van der Waals surface area contributed by atoms with Gasteiger partial charge in [-0.2, -0.15) is 5.10 Å². The van der Waals surface area contributed by atoms with Crippen molar-refractivity contribution in [3.63, 3.8) is 0 Å². The minimum atomic E-state index is -3.59. The van der Waals surface area contributed by atoms with Crippen molar-refractivity contribution in [2.45, 2.75) is 19.4 Å². The molecule has 2 aromatic heterocycles. The Kier molecular flexibility index (Phi) is 6.96. The Hall–Kier alpha value is -3.95. The Morgan fingerprint density at radius 1 is 1.25 bits per heavy atom. The summed E-state index contributed by atoms with van der Waals surface area (Å²) in [6.45, 7) is 3.00. The number of hydrogen-bond donors (Lipinski definition) is 3. The maximum atomic E-state index is 14.8. The van der Waals surface area contributed by atoms with Gasteiger partial charge in [-0.15, -0.1) is 0 Å². The second-order valence-corrected chi connectivity index (χ2v) is 10.3. The van der Waals surface area contributed by atoms with E-state index in [1.807, 2.05) is 0 Å². The highest BCUT2D eigenvalue weighted by molar-refractivity contribution is 7.65. The normalized spacial score (nSPS) is 13.7. The molecule has 3 N–H and O–H groups in total. The van der Waals surface area contributed by atoms with E-state index in [0.29, 0.717) is 23.6 Å². The molecule has 2 aromatic carbocycles. The van der Waals surface area contributed by atoms with Gasteiger partial charge in [-0.05, 0) is 35.7 Å². The fourth-order valence-corrected chi connectivity index (χ4v) is 4.92. The molecule has 2 atom stereocenters. The summed E-state index contributed by atoms with van der Waals surface area (Å²) in [5.41, 5.74) is -0.228. The number of benzene rings is 2. The molecule has 0 aliphatic carbocycles. The number of halogens is 2. The molecule has 186 valence electrons. The predicted molar refractivity (Wildman–Crippen MR) is 129 cm³/mol. The highest BCUT2D eigenvalue weighted by Gasteiger charge is 2.25. The van der Waals surface area contributed by atoms with E-state index in [4.69, 9.17) is 0 Å². The first-order valence-corrected chi connectivity index (χ1v) is 13.0. The summed E-state index contributed by atoms with van der Waals surface area (Å²) in [7, 11) is -3.59. The lowest BCUT2D eigenvalue weighted by molar-refractivity contribution is 0.0940. The zero-order chi connectivity index (χ0) is 26.0. The average molecular weight is 513 g/mol. The first-order valence-electron chi connectivity index (χ1n) is 10.9. The van der Waals surface area contributed by atoms with Gasteiger partial charge >= 0.3 is 0 Å². The third kappa shape index (κ3) is 5.17. The largest absolute Gasteiger partial charge is 0.341 e.